The topological polar surface area (TPSA) is 61.9 Å². The second-order valence-corrected chi connectivity index (χ2v) is 2.24. The van der Waals surface area contributed by atoms with Gasteiger partial charge < -0.3 is 16.5 Å². The summed E-state index contributed by atoms with van der Waals surface area (Å²) in [7, 11) is 1.93. The van der Waals surface area contributed by atoms with E-state index in [0.29, 0.717) is 0 Å². The molecule has 3 nitrogen and oxygen atoms in total. The van der Waals surface area contributed by atoms with Gasteiger partial charge in [-0.2, -0.15) is 0 Å². The summed E-state index contributed by atoms with van der Waals surface area (Å²) in [6.07, 6.45) is 4.54. The van der Waals surface area contributed by atoms with Gasteiger partial charge >= 0.3 is 0 Å². The minimum Gasteiger partial charge on any atom is -0.330 e. The fourth-order valence-corrected chi connectivity index (χ4v) is 0.423. The molecule has 0 saturated heterocycles. The van der Waals surface area contributed by atoms with E-state index in [1.807, 2.05) is 7.05 Å². The van der Waals surface area contributed by atoms with Crippen molar-refractivity contribution in [3.05, 3.63) is 0 Å². The highest BCUT2D eigenvalue weighted by Crippen LogP contribution is 1.75. The van der Waals surface area contributed by atoms with Gasteiger partial charge in [-0.15, -0.1) is 0 Å². The lowest BCUT2D eigenvalue weighted by atomic mass is 10.4. The van der Waals surface area contributed by atoms with Gasteiger partial charge in [-0.05, 0) is 39.2 Å². The van der Waals surface area contributed by atoms with Crippen molar-refractivity contribution in [2.45, 2.75) is 26.2 Å². The van der Waals surface area contributed by atoms with Gasteiger partial charge in [0, 0.05) is 0 Å². The molecule has 0 atom stereocenters. The molecule has 0 aromatic carbocycles. The van der Waals surface area contributed by atoms with Crippen LogP contribution in [0.2, 0.25) is 0 Å². The van der Waals surface area contributed by atoms with Crippen LogP contribution in [0.25, 0.3) is 0 Å². The Kier molecular flexibility index (Phi) is 19.6. The summed E-state index contributed by atoms with van der Waals surface area (Å²) >= 11 is 0. The molecule has 0 rings (SSSR count). The predicted molar refractivity (Wildman–Crippen MR) is 51.3 cm³/mol. The molecule has 0 fully saturated rings. The Balaban J connectivity index is 0. The summed E-state index contributed by atoms with van der Waals surface area (Å²) in [5.74, 6) is 0. The van der Waals surface area contributed by atoms with Crippen molar-refractivity contribution in [3.63, 3.8) is 0 Å². The lowest BCUT2D eigenvalue weighted by Crippen LogP contribution is -2.12. The maximum atomic E-state index is 6.48. The van der Waals surface area contributed by atoms with Crippen molar-refractivity contribution in [1.82, 2.24) is 5.32 Å². The molecule has 11 heavy (non-hydrogen) atoms. The molecule has 4 N–H and O–H groups in total. The molecule has 0 aromatic heterocycles. The second-order valence-electron chi connectivity index (χ2n) is 2.24. The van der Waals surface area contributed by atoms with Crippen LogP contribution >= 0.6 is 0 Å². The summed E-state index contributed by atoms with van der Waals surface area (Å²) < 4.78 is 0. The number of nitrogens with two attached hydrogens (primary N) is 1. The molecule has 68 valence electrons. The maximum absolute atomic E-state index is 6.48. The van der Waals surface area contributed by atoms with Crippen LogP contribution in [0.4, 0.5) is 0 Å². The molecule has 3 heteroatoms. The zero-order chi connectivity index (χ0) is 8.95. The minimum atomic E-state index is 0.792. The second kappa shape index (κ2) is 16.3. The van der Waals surface area contributed by atoms with E-state index in [1.54, 1.807) is 0 Å². The normalized spacial score (nSPS) is 8.27. The average Bonchev–Trinajstić information content (AvgIpc) is 2.04. The zero-order valence-corrected chi connectivity index (χ0v) is 7.69. The van der Waals surface area contributed by atoms with Gasteiger partial charge in [0.15, 0.2) is 0 Å². The molecule has 0 aliphatic rings. The van der Waals surface area contributed by atoms with Crippen molar-refractivity contribution in [2.75, 3.05) is 20.1 Å². The summed E-state index contributed by atoms with van der Waals surface area (Å²) in [5, 5.41) is 9.47. The lowest BCUT2D eigenvalue weighted by molar-refractivity contribution is 0.733. The van der Waals surface area contributed by atoms with Crippen molar-refractivity contribution in [1.29, 1.82) is 5.41 Å². The fraction of sp³-hybridized carbons (Fsp3) is 0.875. The molecule has 0 bridgehead atoms. The Morgan fingerprint density at radius 2 is 2.18 bits per heavy atom. The number of hydrogen-bond acceptors (Lipinski definition) is 3. The van der Waals surface area contributed by atoms with Gasteiger partial charge in [-0.25, -0.2) is 0 Å². The van der Waals surface area contributed by atoms with Crippen LogP contribution in [0.5, 0.6) is 0 Å². The zero-order valence-electron chi connectivity index (χ0n) is 7.69. The number of unbranched alkanes of at least 4 members (excludes halogenated alkanes) is 1. The quantitative estimate of drug-likeness (QED) is 0.414. The third-order valence-electron chi connectivity index (χ3n) is 1.06. The summed E-state index contributed by atoms with van der Waals surface area (Å²) in [4.78, 5) is 0. The molecule has 0 radical (unpaired) electrons. The highest BCUT2D eigenvalue weighted by Gasteiger charge is 1.73. The van der Waals surface area contributed by atoms with Crippen LogP contribution in [0, 0.1) is 5.41 Å². The lowest BCUT2D eigenvalue weighted by Gasteiger charge is -1.90. The molecule has 0 aliphatic heterocycles. The molecular weight excluding hydrogens is 138 g/mol. The first-order valence-corrected chi connectivity index (χ1v) is 4.17. The van der Waals surface area contributed by atoms with Crippen LogP contribution < -0.4 is 11.1 Å². The average molecular weight is 159 g/mol. The van der Waals surface area contributed by atoms with E-state index in [1.165, 1.54) is 6.21 Å². The van der Waals surface area contributed by atoms with E-state index in [2.05, 4.69) is 12.2 Å². The van der Waals surface area contributed by atoms with Crippen molar-refractivity contribution in [2.24, 2.45) is 5.73 Å². The molecule has 0 spiro atoms. The number of hydrogen-bond donors (Lipinski definition) is 3. The van der Waals surface area contributed by atoms with E-state index in [9.17, 15) is 0 Å². The minimum absolute atomic E-state index is 0.792. The van der Waals surface area contributed by atoms with Gasteiger partial charge in [-0.1, -0.05) is 13.3 Å². The monoisotopic (exact) mass is 159 g/mol. The first kappa shape index (κ1) is 13.2. The highest BCUT2D eigenvalue weighted by molar-refractivity contribution is 5.52. The van der Waals surface area contributed by atoms with Gasteiger partial charge in [0.1, 0.15) is 0 Å². The number of rotatable bonds is 5. The third-order valence-corrected chi connectivity index (χ3v) is 1.06. The van der Waals surface area contributed by atoms with Gasteiger partial charge in [-0.3, -0.25) is 0 Å². The Labute approximate surface area is 69.9 Å². The first-order valence-electron chi connectivity index (χ1n) is 4.17. The van der Waals surface area contributed by atoms with Crippen molar-refractivity contribution >= 4 is 6.21 Å². The number of nitrogens with one attached hydrogen (secondary N) is 2. The van der Waals surface area contributed by atoms with Crippen LogP contribution in [0.3, 0.4) is 0 Å². The van der Waals surface area contributed by atoms with Crippen LogP contribution in [-0.4, -0.2) is 26.4 Å². The predicted octanol–water partition coefficient (Wildman–Crippen LogP) is 0.991. The molecule has 0 aromatic rings. The molecule has 0 unspecified atom stereocenters. The van der Waals surface area contributed by atoms with E-state index in [0.717, 1.165) is 32.4 Å². The molecule has 0 saturated carbocycles. The summed E-state index contributed by atoms with van der Waals surface area (Å²) in [6, 6.07) is 0. The van der Waals surface area contributed by atoms with Gasteiger partial charge in [0.05, 0.1) is 0 Å². The smallest absolute Gasteiger partial charge is 0.00399 e. The van der Waals surface area contributed by atoms with Gasteiger partial charge in [0.25, 0.3) is 0 Å². The molecule has 0 amide bonds. The Morgan fingerprint density at radius 3 is 2.27 bits per heavy atom. The fourth-order valence-electron chi connectivity index (χ4n) is 0.423. The van der Waals surface area contributed by atoms with Crippen LogP contribution in [0.1, 0.15) is 26.2 Å². The molecular formula is C8H21N3. The Bertz CT molecular complexity index is 60.4. The summed E-state index contributed by atoms with van der Waals surface area (Å²) in [6.45, 7) is 3.89. The largest absolute Gasteiger partial charge is 0.330 e. The van der Waals surface area contributed by atoms with E-state index in [4.69, 9.17) is 11.1 Å². The van der Waals surface area contributed by atoms with Crippen molar-refractivity contribution in [3.8, 4) is 0 Å². The first-order chi connectivity index (χ1) is 5.33. The standard InChI is InChI=1S/C4H12N2.C4H9N/c1-6-4-2-3-5;1-2-3-4-5/h6H,2-5H2,1H3;4-5H,2-3H2,1H3. The Morgan fingerprint density at radius 1 is 1.55 bits per heavy atom. The van der Waals surface area contributed by atoms with E-state index >= 15 is 0 Å². The van der Waals surface area contributed by atoms with E-state index < -0.39 is 0 Å². The van der Waals surface area contributed by atoms with E-state index in [-0.39, 0.29) is 0 Å². The van der Waals surface area contributed by atoms with Crippen LogP contribution in [0.15, 0.2) is 0 Å². The summed E-state index contributed by atoms with van der Waals surface area (Å²) in [5.41, 5.74) is 5.17. The maximum Gasteiger partial charge on any atom is -0.00399 e. The van der Waals surface area contributed by atoms with Crippen molar-refractivity contribution < 1.29 is 0 Å². The molecule has 0 heterocycles. The third kappa shape index (κ3) is 26.2. The SMILES string of the molecule is CCCC=N.CNCCCN. The Hall–Kier alpha value is -0.410. The molecule has 0 aliphatic carbocycles. The van der Waals surface area contributed by atoms with Crippen LogP contribution in [-0.2, 0) is 0 Å². The highest BCUT2D eigenvalue weighted by atomic mass is 14.8. The van der Waals surface area contributed by atoms with Gasteiger partial charge in [0.2, 0.25) is 0 Å².